The third kappa shape index (κ3) is 4.00. The first-order valence-corrected chi connectivity index (χ1v) is 10.3. The number of nitro benzene ring substituents is 1. The van der Waals surface area contributed by atoms with Crippen molar-refractivity contribution in [2.24, 2.45) is 0 Å². The number of halogens is 2. The molecule has 1 heterocycles. The topological polar surface area (TPSA) is 85.1 Å². The van der Waals surface area contributed by atoms with Crippen LogP contribution in [-0.2, 0) is 0 Å². The second-order valence-corrected chi connectivity index (χ2v) is 8.41. The number of fused-ring (bicyclic) bond motifs is 1. The van der Waals surface area contributed by atoms with Crippen molar-refractivity contribution in [3.8, 4) is 10.6 Å². The van der Waals surface area contributed by atoms with Gasteiger partial charge in [0.15, 0.2) is 0 Å². The fourth-order valence-electron chi connectivity index (χ4n) is 2.78. The van der Waals surface area contributed by atoms with Gasteiger partial charge in [0.05, 0.1) is 20.8 Å². The van der Waals surface area contributed by atoms with Gasteiger partial charge < -0.3 is 5.32 Å². The minimum absolute atomic E-state index is 0.0228. The minimum atomic E-state index is -0.620. The number of carbonyl (C=O) groups is 1. The monoisotopic (exact) mass is 487 g/mol. The summed E-state index contributed by atoms with van der Waals surface area (Å²) in [5.74, 6) is -0.477. The third-order valence-corrected chi connectivity index (χ3v) is 6.04. The maximum absolute atomic E-state index is 12.7. The second kappa shape index (κ2) is 7.90. The van der Waals surface area contributed by atoms with Crippen LogP contribution in [0.2, 0.25) is 5.02 Å². The summed E-state index contributed by atoms with van der Waals surface area (Å²) in [6.45, 7) is 0. The normalized spacial score (nSPS) is 10.8. The molecule has 0 radical (unpaired) electrons. The zero-order valence-electron chi connectivity index (χ0n) is 14.6. The Balaban J connectivity index is 1.72. The molecule has 6 nitrogen and oxygen atoms in total. The Hall–Kier alpha value is -2.81. The summed E-state index contributed by atoms with van der Waals surface area (Å²) in [7, 11) is 0. The molecule has 4 aromatic rings. The molecule has 0 unspecified atom stereocenters. The van der Waals surface area contributed by atoms with Gasteiger partial charge in [-0.2, -0.15) is 0 Å². The van der Waals surface area contributed by atoms with E-state index in [0.717, 1.165) is 31.3 Å². The first kappa shape index (κ1) is 19.5. The van der Waals surface area contributed by atoms with Crippen molar-refractivity contribution in [3.63, 3.8) is 0 Å². The van der Waals surface area contributed by atoms with Crippen molar-refractivity contribution in [1.29, 1.82) is 0 Å². The summed E-state index contributed by atoms with van der Waals surface area (Å²) in [4.78, 5) is 27.9. The maximum atomic E-state index is 12.7. The molecule has 0 atom stereocenters. The number of anilines is 1. The predicted molar refractivity (Wildman–Crippen MR) is 119 cm³/mol. The van der Waals surface area contributed by atoms with E-state index in [-0.39, 0.29) is 16.3 Å². The molecule has 1 amide bonds. The van der Waals surface area contributed by atoms with E-state index < -0.39 is 10.8 Å². The van der Waals surface area contributed by atoms with E-state index in [2.05, 4.69) is 26.2 Å². The molecule has 1 aromatic heterocycles. The molecule has 0 spiro atoms. The van der Waals surface area contributed by atoms with Gasteiger partial charge in [-0.1, -0.05) is 39.7 Å². The number of amides is 1. The number of para-hydroxylation sites is 1. The Morgan fingerprint density at radius 3 is 2.69 bits per heavy atom. The van der Waals surface area contributed by atoms with E-state index in [9.17, 15) is 14.9 Å². The van der Waals surface area contributed by atoms with Gasteiger partial charge in [-0.25, -0.2) is 4.98 Å². The van der Waals surface area contributed by atoms with Gasteiger partial charge in [0.1, 0.15) is 10.0 Å². The average Bonchev–Trinajstić information content (AvgIpc) is 3.13. The molecular weight excluding hydrogens is 478 g/mol. The summed E-state index contributed by atoms with van der Waals surface area (Å²) in [6, 6.07) is 17.2. The molecule has 0 aliphatic rings. The zero-order valence-corrected chi connectivity index (χ0v) is 17.7. The molecule has 29 heavy (non-hydrogen) atoms. The molecule has 0 fully saturated rings. The minimum Gasteiger partial charge on any atom is -0.321 e. The highest BCUT2D eigenvalue weighted by Gasteiger charge is 2.18. The summed E-state index contributed by atoms with van der Waals surface area (Å²) in [5.41, 5.74) is 1.99. The lowest BCUT2D eigenvalue weighted by Crippen LogP contribution is -2.13. The molecule has 3 aromatic carbocycles. The van der Waals surface area contributed by atoms with Crippen LogP contribution in [0.15, 0.2) is 65.1 Å². The summed E-state index contributed by atoms with van der Waals surface area (Å²) in [6.07, 6.45) is 0. The number of aromatic nitrogens is 1. The molecule has 0 saturated heterocycles. The second-order valence-electron chi connectivity index (χ2n) is 6.05. The molecule has 144 valence electrons. The third-order valence-electron chi connectivity index (χ3n) is 4.16. The SMILES string of the molecule is O=C(Nc1ccc(Br)cc1-c1nc2ccccc2s1)c1ccc(Cl)c([N+](=O)[O-])c1. The van der Waals surface area contributed by atoms with Crippen molar-refractivity contribution in [3.05, 3.63) is 85.8 Å². The van der Waals surface area contributed by atoms with Crippen LogP contribution < -0.4 is 5.32 Å². The van der Waals surface area contributed by atoms with Crippen LogP contribution in [-0.4, -0.2) is 15.8 Å². The largest absolute Gasteiger partial charge is 0.321 e. The fourth-order valence-corrected chi connectivity index (χ4v) is 4.32. The fraction of sp³-hybridized carbons (Fsp3) is 0. The van der Waals surface area contributed by atoms with Gasteiger partial charge in [-0.05, 0) is 42.5 Å². The number of hydrogen-bond donors (Lipinski definition) is 1. The quantitative estimate of drug-likeness (QED) is 0.261. The van der Waals surface area contributed by atoms with Gasteiger partial charge in [0, 0.05) is 21.7 Å². The number of carbonyl (C=O) groups excluding carboxylic acids is 1. The lowest BCUT2D eigenvalue weighted by Gasteiger charge is -2.10. The highest BCUT2D eigenvalue weighted by Crippen LogP contribution is 2.36. The van der Waals surface area contributed by atoms with Crippen molar-refractivity contribution in [2.45, 2.75) is 0 Å². The Kier molecular flexibility index (Phi) is 5.31. The molecule has 0 aliphatic heterocycles. The van der Waals surface area contributed by atoms with E-state index >= 15 is 0 Å². The summed E-state index contributed by atoms with van der Waals surface area (Å²) < 4.78 is 1.87. The van der Waals surface area contributed by atoms with Crippen LogP contribution in [0.1, 0.15) is 10.4 Å². The van der Waals surface area contributed by atoms with Crippen LogP contribution in [0.3, 0.4) is 0 Å². The lowest BCUT2D eigenvalue weighted by molar-refractivity contribution is -0.384. The number of benzene rings is 3. The van der Waals surface area contributed by atoms with E-state index in [1.165, 1.54) is 23.5 Å². The molecule has 0 bridgehead atoms. The number of nitrogens with zero attached hydrogens (tertiary/aromatic N) is 2. The molecule has 1 N–H and O–H groups in total. The number of hydrogen-bond acceptors (Lipinski definition) is 5. The molecule has 0 saturated carbocycles. The van der Waals surface area contributed by atoms with Gasteiger partial charge in [0.25, 0.3) is 11.6 Å². The van der Waals surface area contributed by atoms with Crippen LogP contribution in [0.5, 0.6) is 0 Å². The summed E-state index contributed by atoms with van der Waals surface area (Å²) in [5, 5.41) is 14.6. The van der Waals surface area contributed by atoms with Crippen LogP contribution >= 0.6 is 38.9 Å². The highest BCUT2D eigenvalue weighted by molar-refractivity contribution is 9.10. The van der Waals surface area contributed by atoms with Gasteiger partial charge in [0.2, 0.25) is 0 Å². The first-order chi connectivity index (χ1) is 13.9. The zero-order chi connectivity index (χ0) is 20.5. The standard InChI is InChI=1S/C20H11BrClN3O3S/c21-12-6-8-15(13(10-12)20-24-16-3-1-2-4-18(16)29-20)23-19(26)11-5-7-14(22)17(9-11)25(27)28/h1-10H,(H,23,26). The van der Waals surface area contributed by atoms with Crippen molar-refractivity contribution in [2.75, 3.05) is 5.32 Å². The Morgan fingerprint density at radius 1 is 1.14 bits per heavy atom. The molecule has 0 aliphatic carbocycles. The smallest absolute Gasteiger partial charge is 0.288 e. The van der Waals surface area contributed by atoms with Gasteiger partial charge in [-0.15, -0.1) is 11.3 Å². The average molecular weight is 489 g/mol. The maximum Gasteiger partial charge on any atom is 0.288 e. The molecule has 4 rings (SSSR count). The number of nitro groups is 1. The number of rotatable bonds is 4. The number of nitrogens with one attached hydrogen (secondary N) is 1. The van der Waals surface area contributed by atoms with Gasteiger partial charge >= 0.3 is 0 Å². The lowest BCUT2D eigenvalue weighted by atomic mass is 10.1. The van der Waals surface area contributed by atoms with Gasteiger partial charge in [-0.3, -0.25) is 14.9 Å². The Bertz CT molecular complexity index is 1240. The van der Waals surface area contributed by atoms with E-state index in [0.29, 0.717) is 5.69 Å². The van der Waals surface area contributed by atoms with Crippen molar-refractivity contribution >= 4 is 66.4 Å². The predicted octanol–water partition coefficient (Wildman–Crippen LogP) is 6.54. The van der Waals surface area contributed by atoms with Crippen LogP contribution in [0, 0.1) is 10.1 Å². The Morgan fingerprint density at radius 2 is 1.93 bits per heavy atom. The van der Waals surface area contributed by atoms with E-state index in [1.54, 1.807) is 12.1 Å². The van der Waals surface area contributed by atoms with Crippen molar-refractivity contribution in [1.82, 2.24) is 4.98 Å². The highest BCUT2D eigenvalue weighted by atomic mass is 79.9. The van der Waals surface area contributed by atoms with E-state index in [1.807, 2.05) is 30.3 Å². The van der Waals surface area contributed by atoms with E-state index in [4.69, 9.17) is 11.6 Å². The Labute approximate surface area is 182 Å². The van der Waals surface area contributed by atoms with Crippen LogP contribution in [0.4, 0.5) is 11.4 Å². The van der Waals surface area contributed by atoms with Crippen LogP contribution in [0.25, 0.3) is 20.8 Å². The first-order valence-electron chi connectivity index (χ1n) is 8.33. The molecular formula is C20H11BrClN3O3S. The number of thiazole rings is 1. The molecule has 9 heteroatoms. The van der Waals surface area contributed by atoms with Crippen molar-refractivity contribution < 1.29 is 9.72 Å². The summed E-state index contributed by atoms with van der Waals surface area (Å²) >= 11 is 10.8.